The van der Waals surface area contributed by atoms with E-state index < -0.39 is 0 Å². The number of pyridine rings is 1. The normalized spacial score (nSPS) is 11.5. The van der Waals surface area contributed by atoms with Crippen LogP contribution in [0, 0.1) is 0 Å². The molecule has 3 aromatic rings. The van der Waals surface area contributed by atoms with Gasteiger partial charge in [0.25, 0.3) is 5.91 Å². The topological polar surface area (TPSA) is 51.2 Å². The van der Waals surface area contributed by atoms with Crippen molar-refractivity contribution in [1.82, 2.24) is 10.3 Å². The average molecular weight is 318 g/mol. The Morgan fingerprint density at radius 3 is 2.46 bits per heavy atom. The molecule has 1 amide bonds. The monoisotopic (exact) mass is 318 g/mol. The summed E-state index contributed by atoms with van der Waals surface area (Å²) in [5, 5.41) is 2.95. The lowest BCUT2D eigenvalue weighted by molar-refractivity contribution is 0.0939. The Balaban J connectivity index is 1.70. The number of ether oxygens (including phenoxy) is 1. The molecule has 0 aliphatic carbocycles. The SMILES string of the molecule is C[C@H](NC(=O)c1cccc(Oc2ccccc2)c1)c1ccccn1. The molecule has 0 fully saturated rings. The Bertz CT molecular complexity index is 804. The molecule has 0 spiro atoms. The maximum absolute atomic E-state index is 12.4. The Hall–Kier alpha value is -3.14. The van der Waals surface area contributed by atoms with Crippen LogP contribution >= 0.6 is 0 Å². The standard InChI is InChI=1S/C20H18N2O2/c1-15(19-12-5-6-13-21-19)22-20(23)16-8-7-11-18(14-16)24-17-9-3-2-4-10-17/h2-15H,1H3,(H,22,23)/t15-/m0/s1. The Morgan fingerprint density at radius 2 is 1.71 bits per heavy atom. The van der Waals surface area contributed by atoms with Gasteiger partial charge < -0.3 is 10.1 Å². The Kier molecular flexibility index (Phi) is 4.87. The van der Waals surface area contributed by atoms with E-state index in [-0.39, 0.29) is 11.9 Å². The van der Waals surface area contributed by atoms with Crippen molar-refractivity contribution in [1.29, 1.82) is 0 Å². The summed E-state index contributed by atoms with van der Waals surface area (Å²) in [4.78, 5) is 16.7. The van der Waals surface area contributed by atoms with Crippen molar-refractivity contribution < 1.29 is 9.53 Å². The third kappa shape index (κ3) is 3.98. The lowest BCUT2D eigenvalue weighted by Crippen LogP contribution is -2.27. The van der Waals surface area contributed by atoms with Crippen LogP contribution in [0.15, 0.2) is 79.0 Å². The first-order chi connectivity index (χ1) is 11.7. The highest BCUT2D eigenvalue weighted by Gasteiger charge is 2.12. The van der Waals surface area contributed by atoms with E-state index in [2.05, 4.69) is 10.3 Å². The van der Waals surface area contributed by atoms with Crippen LogP contribution in [0.4, 0.5) is 0 Å². The van der Waals surface area contributed by atoms with Gasteiger partial charge in [-0.05, 0) is 49.4 Å². The van der Waals surface area contributed by atoms with E-state index in [4.69, 9.17) is 4.74 Å². The van der Waals surface area contributed by atoms with Gasteiger partial charge in [0.05, 0.1) is 11.7 Å². The van der Waals surface area contributed by atoms with Gasteiger partial charge in [-0.15, -0.1) is 0 Å². The minimum Gasteiger partial charge on any atom is -0.457 e. The van der Waals surface area contributed by atoms with Gasteiger partial charge in [0.2, 0.25) is 0 Å². The molecule has 0 unspecified atom stereocenters. The smallest absolute Gasteiger partial charge is 0.251 e. The van der Waals surface area contributed by atoms with Gasteiger partial charge in [0.15, 0.2) is 0 Å². The quantitative estimate of drug-likeness (QED) is 0.760. The molecule has 0 aliphatic rings. The molecule has 0 radical (unpaired) electrons. The number of rotatable bonds is 5. The zero-order valence-corrected chi connectivity index (χ0v) is 13.3. The van der Waals surface area contributed by atoms with E-state index in [9.17, 15) is 4.79 Å². The molecule has 0 aliphatic heterocycles. The molecule has 1 atom stereocenters. The first kappa shape index (κ1) is 15.7. The summed E-state index contributed by atoms with van der Waals surface area (Å²) >= 11 is 0. The molecule has 24 heavy (non-hydrogen) atoms. The minimum atomic E-state index is -0.169. The fourth-order valence-corrected chi connectivity index (χ4v) is 2.31. The van der Waals surface area contributed by atoms with Crippen LogP contribution in [0.25, 0.3) is 0 Å². The van der Waals surface area contributed by atoms with E-state index in [0.29, 0.717) is 11.3 Å². The van der Waals surface area contributed by atoms with Gasteiger partial charge >= 0.3 is 0 Å². The minimum absolute atomic E-state index is 0.160. The van der Waals surface area contributed by atoms with Crippen molar-refractivity contribution in [3.63, 3.8) is 0 Å². The van der Waals surface area contributed by atoms with Gasteiger partial charge in [-0.2, -0.15) is 0 Å². The maximum atomic E-state index is 12.4. The van der Waals surface area contributed by atoms with E-state index >= 15 is 0 Å². The number of amides is 1. The second kappa shape index (κ2) is 7.42. The first-order valence-electron chi connectivity index (χ1n) is 7.77. The predicted molar refractivity (Wildman–Crippen MR) is 93.1 cm³/mol. The number of carbonyl (C=O) groups is 1. The van der Waals surface area contributed by atoms with E-state index in [1.165, 1.54) is 0 Å². The third-order valence-corrected chi connectivity index (χ3v) is 3.55. The number of benzene rings is 2. The molecule has 1 N–H and O–H groups in total. The fourth-order valence-electron chi connectivity index (χ4n) is 2.31. The molecule has 1 heterocycles. The van der Waals surface area contributed by atoms with Crippen molar-refractivity contribution >= 4 is 5.91 Å². The largest absolute Gasteiger partial charge is 0.457 e. The molecule has 0 bridgehead atoms. The molecule has 1 aromatic heterocycles. The van der Waals surface area contributed by atoms with Crippen molar-refractivity contribution in [2.45, 2.75) is 13.0 Å². The zero-order valence-electron chi connectivity index (χ0n) is 13.3. The Labute approximate surface area is 141 Å². The molecular weight excluding hydrogens is 300 g/mol. The highest BCUT2D eigenvalue weighted by atomic mass is 16.5. The maximum Gasteiger partial charge on any atom is 0.251 e. The van der Waals surface area contributed by atoms with Crippen LogP contribution in [-0.4, -0.2) is 10.9 Å². The lowest BCUT2D eigenvalue weighted by atomic mass is 10.1. The third-order valence-electron chi connectivity index (χ3n) is 3.55. The zero-order chi connectivity index (χ0) is 16.8. The lowest BCUT2D eigenvalue weighted by Gasteiger charge is -2.14. The van der Waals surface area contributed by atoms with Gasteiger partial charge in [-0.3, -0.25) is 9.78 Å². The molecular formula is C20H18N2O2. The van der Waals surface area contributed by atoms with Crippen molar-refractivity contribution in [2.24, 2.45) is 0 Å². The van der Waals surface area contributed by atoms with Gasteiger partial charge in [-0.25, -0.2) is 0 Å². The second-order valence-electron chi connectivity index (χ2n) is 5.39. The number of hydrogen-bond acceptors (Lipinski definition) is 3. The summed E-state index contributed by atoms with van der Waals surface area (Å²) in [5.74, 6) is 1.20. The van der Waals surface area contributed by atoms with Crippen molar-refractivity contribution in [3.8, 4) is 11.5 Å². The Morgan fingerprint density at radius 1 is 0.958 bits per heavy atom. The molecule has 4 heteroatoms. The second-order valence-corrected chi connectivity index (χ2v) is 5.39. The molecule has 4 nitrogen and oxygen atoms in total. The number of carbonyl (C=O) groups excluding carboxylic acids is 1. The molecule has 0 saturated heterocycles. The van der Waals surface area contributed by atoms with Crippen LogP contribution in [-0.2, 0) is 0 Å². The highest BCUT2D eigenvalue weighted by molar-refractivity contribution is 5.94. The van der Waals surface area contributed by atoms with Crippen LogP contribution in [0.3, 0.4) is 0 Å². The first-order valence-corrected chi connectivity index (χ1v) is 7.77. The van der Waals surface area contributed by atoms with E-state index in [1.807, 2.05) is 61.5 Å². The van der Waals surface area contributed by atoms with Gasteiger partial charge in [0, 0.05) is 11.8 Å². The molecule has 3 rings (SSSR count). The fraction of sp³-hybridized carbons (Fsp3) is 0.100. The van der Waals surface area contributed by atoms with Crippen LogP contribution in [0.5, 0.6) is 11.5 Å². The average Bonchev–Trinajstić information content (AvgIpc) is 2.63. The van der Waals surface area contributed by atoms with Crippen LogP contribution < -0.4 is 10.1 Å². The summed E-state index contributed by atoms with van der Waals surface area (Å²) in [7, 11) is 0. The summed E-state index contributed by atoms with van der Waals surface area (Å²) in [5.41, 5.74) is 1.37. The van der Waals surface area contributed by atoms with E-state index in [0.717, 1.165) is 11.4 Å². The summed E-state index contributed by atoms with van der Waals surface area (Å²) < 4.78 is 5.77. The number of para-hydroxylation sites is 1. The predicted octanol–water partition coefficient (Wildman–Crippen LogP) is 4.36. The van der Waals surface area contributed by atoms with Gasteiger partial charge in [-0.1, -0.05) is 30.3 Å². The van der Waals surface area contributed by atoms with Crippen LogP contribution in [0.1, 0.15) is 29.0 Å². The van der Waals surface area contributed by atoms with Crippen LogP contribution in [0.2, 0.25) is 0 Å². The van der Waals surface area contributed by atoms with E-state index in [1.54, 1.807) is 24.4 Å². The number of aromatic nitrogens is 1. The summed E-state index contributed by atoms with van der Waals surface area (Å²) in [6, 6.07) is 22.1. The highest BCUT2D eigenvalue weighted by Crippen LogP contribution is 2.22. The van der Waals surface area contributed by atoms with Gasteiger partial charge in [0.1, 0.15) is 11.5 Å². The van der Waals surface area contributed by atoms with Crippen molar-refractivity contribution in [2.75, 3.05) is 0 Å². The molecule has 2 aromatic carbocycles. The molecule has 0 saturated carbocycles. The molecule has 120 valence electrons. The number of hydrogen-bond donors (Lipinski definition) is 1. The van der Waals surface area contributed by atoms with Crippen molar-refractivity contribution in [3.05, 3.63) is 90.3 Å². The summed E-state index contributed by atoms with van der Waals surface area (Å²) in [6.07, 6.45) is 1.71. The number of nitrogens with one attached hydrogen (secondary N) is 1. The summed E-state index contributed by atoms with van der Waals surface area (Å²) in [6.45, 7) is 1.91. The number of nitrogens with zero attached hydrogens (tertiary/aromatic N) is 1.